The van der Waals surface area contributed by atoms with Crippen molar-refractivity contribution in [3.8, 4) is 17.2 Å². The monoisotopic (exact) mass is 382 g/mol. The van der Waals surface area contributed by atoms with Crippen LogP contribution in [-0.4, -0.2) is 39.4 Å². The summed E-state index contributed by atoms with van der Waals surface area (Å²) in [7, 11) is 1.59. The predicted octanol–water partition coefficient (Wildman–Crippen LogP) is 3.24. The minimum absolute atomic E-state index is 0.185. The largest absolute Gasteiger partial charge is 0.497 e. The number of ether oxygens (including phenoxy) is 3. The van der Waals surface area contributed by atoms with Gasteiger partial charge in [-0.3, -0.25) is 0 Å². The van der Waals surface area contributed by atoms with Gasteiger partial charge in [-0.1, -0.05) is 11.6 Å². The highest BCUT2D eigenvalue weighted by Crippen LogP contribution is 2.24. The van der Waals surface area contributed by atoms with Gasteiger partial charge in [-0.2, -0.15) is 0 Å². The number of urea groups is 1. The summed E-state index contributed by atoms with van der Waals surface area (Å²) in [6.07, 6.45) is 0. The fourth-order valence-corrected chi connectivity index (χ4v) is 2.21. The van der Waals surface area contributed by atoms with E-state index < -0.39 is 5.82 Å². The molecule has 26 heavy (non-hydrogen) atoms. The maximum Gasteiger partial charge on any atom is 0.315 e. The molecule has 0 spiro atoms. The number of rotatable bonds is 9. The summed E-state index contributed by atoms with van der Waals surface area (Å²) in [5.74, 6) is 1.37. The van der Waals surface area contributed by atoms with Gasteiger partial charge in [-0.25, -0.2) is 9.18 Å². The molecule has 0 saturated heterocycles. The molecule has 0 fully saturated rings. The van der Waals surface area contributed by atoms with E-state index in [1.807, 2.05) is 0 Å². The first-order chi connectivity index (χ1) is 12.6. The number of methoxy groups -OCH3 is 1. The second-order valence-corrected chi connectivity index (χ2v) is 5.54. The van der Waals surface area contributed by atoms with Crippen molar-refractivity contribution in [3.05, 3.63) is 53.3 Å². The number of hydrogen-bond donors (Lipinski definition) is 2. The lowest BCUT2D eigenvalue weighted by atomic mass is 10.3. The molecule has 2 rings (SSSR count). The molecule has 2 N–H and O–H groups in total. The number of hydrogen-bond acceptors (Lipinski definition) is 4. The Morgan fingerprint density at radius 2 is 1.62 bits per heavy atom. The Bertz CT molecular complexity index is 713. The lowest BCUT2D eigenvalue weighted by Crippen LogP contribution is -2.39. The Labute approximate surface area is 156 Å². The molecule has 0 saturated carbocycles. The molecule has 6 nitrogen and oxygen atoms in total. The normalized spacial score (nSPS) is 10.1. The van der Waals surface area contributed by atoms with E-state index >= 15 is 0 Å². The molecule has 0 aromatic heterocycles. The van der Waals surface area contributed by atoms with Crippen LogP contribution in [0.1, 0.15) is 0 Å². The number of nitrogens with one attached hydrogen (secondary N) is 2. The van der Waals surface area contributed by atoms with E-state index in [0.717, 1.165) is 5.75 Å². The van der Waals surface area contributed by atoms with Crippen LogP contribution >= 0.6 is 11.6 Å². The van der Waals surface area contributed by atoms with Crippen LogP contribution < -0.4 is 24.8 Å². The SMILES string of the molecule is COc1ccc(OCCNC(=O)NCCOc2ccc(F)cc2Cl)cc1. The van der Waals surface area contributed by atoms with Gasteiger partial charge in [0.2, 0.25) is 0 Å². The number of halogens is 2. The fourth-order valence-electron chi connectivity index (χ4n) is 1.99. The fraction of sp³-hybridized carbons (Fsp3) is 0.278. The van der Waals surface area contributed by atoms with Gasteiger partial charge in [0.15, 0.2) is 0 Å². The Hall–Kier alpha value is -2.67. The smallest absolute Gasteiger partial charge is 0.315 e. The van der Waals surface area contributed by atoms with E-state index in [0.29, 0.717) is 24.7 Å². The quantitative estimate of drug-likeness (QED) is 0.653. The van der Waals surface area contributed by atoms with Crippen molar-refractivity contribution in [1.82, 2.24) is 10.6 Å². The Kier molecular flexibility index (Phi) is 7.82. The van der Waals surface area contributed by atoms with Gasteiger partial charge < -0.3 is 24.8 Å². The average molecular weight is 383 g/mol. The van der Waals surface area contributed by atoms with E-state index in [2.05, 4.69) is 10.6 Å². The Morgan fingerprint density at radius 3 is 2.23 bits per heavy atom. The molecule has 0 unspecified atom stereocenters. The molecular weight excluding hydrogens is 363 g/mol. The molecule has 0 aliphatic heterocycles. The minimum Gasteiger partial charge on any atom is -0.497 e. The van der Waals surface area contributed by atoms with Crippen LogP contribution in [0, 0.1) is 5.82 Å². The van der Waals surface area contributed by atoms with Crippen molar-refractivity contribution in [3.63, 3.8) is 0 Å². The molecule has 0 atom stereocenters. The van der Waals surface area contributed by atoms with Gasteiger partial charge in [0, 0.05) is 0 Å². The summed E-state index contributed by atoms with van der Waals surface area (Å²) in [6.45, 7) is 1.17. The van der Waals surface area contributed by atoms with Crippen molar-refractivity contribution in [2.24, 2.45) is 0 Å². The van der Waals surface area contributed by atoms with Crippen LogP contribution in [-0.2, 0) is 0 Å². The zero-order valence-electron chi connectivity index (χ0n) is 14.3. The van der Waals surface area contributed by atoms with Crippen molar-refractivity contribution in [2.75, 3.05) is 33.4 Å². The number of benzene rings is 2. The zero-order chi connectivity index (χ0) is 18.8. The first kappa shape index (κ1) is 19.7. The van der Waals surface area contributed by atoms with Gasteiger partial charge in [-0.15, -0.1) is 0 Å². The summed E-state index contributed by atoms with van der Waals surface area (Å²) in [5.41, 5.74) is 0. The zero-order valence-corrected chi connectivity index (χ0v) is 15.0. The third-order valence-corrected chi connectivity index (χ3v) is 3.55. The molecule has 8 heteroatoms. The van der Waals surface area contributed by atoms with Crippen LogP contribution in [0.3, 0.4) is 0 Å². The first-order valence-corrected chi connectivity index (χ1v) is 8.32. The summed E-state index contributed by atoms with van der Waals surface area (Å²) in [4.78, 5) is 11.6. The molecule has 0 bridgehead atoms. The van der Waals surface area contributed by atoms with Gasteiger partial charge in [-0.05, 0) is 42.5 Å². The highest BCUT2D eigenvalue weighted by Gasteiger charge is 2.04. The van der Waals surface area contributed by atoms with Crippen molar-refractivity contribution >= 4 is 17.6 Å². The summed E-state index contributed by atoms with van der Waals surface area (Å²) in [5, 5.41) is 5.48. The molecule has 2 amide bonds. The summed E-state index contributed by atoms with van der Waals surface area (Å²) >= 11 is 5.84. The molecule has 2 aromatic rings. The average Bonchev–Trinajstić information content (AvgIpc) is 2.64. The summed E-state index contributed by atoms with van der Waals surface area (Å²) in [6, 6.07) is 10.7. The molecule has 0 aliphatic carbocycles. The van der Waals surface area contributed by atoms with Crippen LogP contribution in [0.5, 0.6) is 17.2 Å². The number of amides is 2. The van der Waals surface area contributed by atoms with Gasteiger partial charge >= 0.3 is 6.03 Å². The minimum atomic E-state index is -0.434. The van der Waals surface area contributed by atoms with Crippen LogP contribution in [0.25, 0.3) is 0 Å². The highest BCUT2D eigenvalue weighted by atomic mass is 35.5. The highest BCUT2D eigenvalue weighted by molar-refractivity contribution is 6.32. The maximum atomic E-state index is 12.9. The predicted molar refractivity (Wildman–Crippen MR) is 96.8 cm³/mol. The van der Waals surface area contributed by atoms with Crippen LogP contribution in [0.2, 0.25) is 5.02 Å². The van der Waals surface area contributed by atoms with E-state index in [1.165, 1.54) is 18.2 Å². The molecule has 0 heterocycles. The van der Waals surface area contributed by atoms with Crippen molar-refractivity contribution in [1.29, 1.82) is 0 Å². The summed E-state index contributed by atoms with van der Waals surface area (Å²) < 4.78 is 28.8. The van der Waals surface area contributed by atoms with Crippen LogP contribution in [0.4, 0.5) is 9.18 Å². The molecular formula is C18H20ClFN2O4. The Morgan fingerprint density at radius 1 is 1.00 bits per heavy atom. The van der Waals surface area contributed by atoms with Gasteiger partial charge in [0.25, 0.3) is 0 Å². The molecule has 2 aromatic carbocycles. The van der Waals surface area contributed by atoms with E-state index in [-0.39, 0.29) is 24.2 Å². The lowest BCUT2D eigenvalue weighted by molar-refractivity contribution is 0.232. The van der Waals surface area contributed by atoms with E-state index in [1.54, 1.807) is 31.4 Å². The standard InChI is InChI=1S/C18H20ClFN2O4/c1-24-14-3-5-15(6-4-14)25-10-8-21-18(23)22-9-11-26-17-7-2-13(20)12-16(17)19/h2-7,12H,8-11H2,1H3,(H2,21,22,23). The second-order valence-electron chi connectivity index (χ2n) is 5.13. The Balaban J connectivity index is 1.55. The topological polar surface area (TPSA) is 68.8 Å². The maximum absolute atomic E-state index is 12.9. The molecule has 0 radical (unpaired) electrons. The first-order valence-electron chi connectivity index (χ1n) is 7.95. The van der Waals surface area contributed by atoms with Gasteiger partial charge in [0.05, 0.1) is 25.2 Å². The number of carbonyl (C=O) groups excluding carboxylic acids is 1. The molecule has 0 aliphatic rings. The van der Waals surface area contributed by atoms with E-state index in [9.17, 15) is 9.18 Å². The van der Waals surface area contributed by atoms with Crippen molar-refractivity contribution in [2.45, 2.75) is 0 Å². The van der Waals surface area contributed by atoms with Crippen molar-refractivity contribution < 1.29 is 23.4 Å². The van der Waals surface area contributed by atoms with Crippen LogP contribution in [0.15, 0.2) is 42.5 Å². The third-order valence-electron chi connectivity index (χ3n) is 3.25. The van der Waals surface area contributed by atoms with E-state index in [4.69, 9.17) is 25.8 Å². The molecule has 140 valence electrons. The third kappa shape index (κ3) is 6.68. The number of carbonyl (C=O) groups is 1. The second kappa shape index (κ2) is 10.4. The lowest BCUT2D eigenvalue weighted by Gasteiger charge is -2.11. The van der Waals surface area contributed by atoms with Gasteiger partial charge in [0.1, 0.15) is 36.3 Å².